The molecule has 0 fully saturated rings. The van der Waals surface area contributed by atoms with Gasteiger partial charge in [-0.15, -0.1) is 0 Å². The number of aliphatic carboxylic acids is 1. The largest absolute Gasteiger partial charge is 0.481 e. The van der Waals surface area contributed by atoms with Gasteiger partial charge in [-0.3, -0.25) is 4.79 Å². The van der Waals surface area contributed by atoms with Gasteiger partial charge in [0.2, 0.25) is 0 Å². The van der Waals surface area contributed by atoms with Gasteiger partial charge in [0.1, 0.15) is 5.82 Å². The Kier molecular flexibility index (Phi) is 5.97. The first-order valence-electron chi connectivity index (χ1n) is 7.39. The molecule has 2 rings (SSSR count). The summed E-state index contributed by atoms with van der Waals surface area (Å²) in [5, 5.41) is 13.9. The highest BCUT2D eigenvalue weighted by Gasteiger charge is 2.11. The molecular weight excluding hydrogens is 364 g/mol. The molecule has 23 heavy (non-hydrogen) atoms. The number of imidazole rings is 1. The van der Waals surface area contributed by atoms with Gasteiger partial charge in [0.05, 0.1) is 17.6 Å². The number of fused-ring (bicyclic) bond motifs is 1. The number of nitrogens with one attached hydrogen (secondary N) is 2. The molecule has 124 valence electrons. The average Bonchev–Trinajstić information content (AvgIpc) is 2.85. The van der Waals surface area contributed by atoms with Crippen LogP contribution < -0.4 is 10.6 Å². The summed E-state index contributed by atoms with van der Waals surface area (Å²) in [6.07, 6.45) is 0.449. The zero-order valence-corrected chi connectivity index (χ0v) is 14.4. The molecule has 7 nitrogen and oxygen atoms in total. The summed E-state index contributed by atoms with van der Waals surface area (Å²) in [6, 6.07) is 5.57. The van der Waals surface area contributed by atoms with Crippen LogP contribution in [0.25, 0.3) is 11.0 Å². The number of nitrogens with zero attached hydrogens (tertiary/aromatic N) is 2. The highest BCUT2D eigenvalue weighted by molar-refractivity contribution is 9.10. The number of hydrogen-bond acceptors (Lipinski definition) is 3. The molecule has 0 saturated carbocycles. The fraction of sp³-hybridized carbons (Fsp3) is 0.400. The zero-order valence-electron chi connectivity index (χ0n) is 12.8. The maximum absolute atomic E-state index is 11.7. The molecule has 0 aliphatic heterocycles. The molecule has 0 unspecified atom stereocenters. The van der Waals surface area contributed by atoms with Crippen LogP contribution in [0, 0.1) is 0 Å². The fourth-order valence-electron chi connectivity index (χ4n) is 2.30. The molecule has 0 radical (unpaired) electrons. The average molecular weight is 383 g/mol. The van der Waals surface area contributed by atoms with Crippen LogP contribution in [0.5, 0.6) is 0 Å². The standard InChI is InChI=1S/C15H19BrN4O3/c1-2-20-12-6-5-10(16)8-11(12)19-13(20)9-18-15(23)17-7-3-4-14(21)22/h5-6,8H,2-4,7,9H2,1H3,(H,21,22)(H2,17,18,23). The quantitative estimate of drug-likeness (QED) is 0.640. The number of carbonyl (C=O) groups is 2. The molecule has 1 heterocycles. The van der Waals surface area contributed by atoms with Crippen molar-refractivity contribution in [1.29, 1.82) is 0 Å². The number of aromatic nitrogens is 2. The lowest BCUT2D eigenvalue weighted by atomic mass is 10.3. The van der Waals surface area contributed by atoms with E-state index in [-0.39, 0.29) is 12.5 Å². The van der Waals surface area contributed by atoms with E-state index in [1.165, 1.54) is 0 Å². The van der Waals surface area contributed by atoms with Crippen LogP contribution in [0.1, 0.15) is 25.6 Å². The number of carboxylic acid groups (broad SMARTS) is 1. The summed E-state index contributed by atoms with van der Waals surface area (Å²) in [4.78, 5) is 26.7. The first-order valence-corrected chi connectivity index (χ1v) is 8.18. The molecule has 3 N–H and O–H groups in total. The molecule has 0 aliphatic rings. The summed E-state index contributed by atoms with van der Waals surface area (Å²) in [7, 11) is 0. The van der Waals surface area contributed by atoms with E-state index in [9.17, 15) is 9.59 Å². The first kappa shape index (κ1) is 17.3. The van der Waals surface area contributed by atoms with Crippen molar-refractivity contribution in [3.63, 3.8) is 0 Å². The minimum absolute atomic E-state index is 0.0424. The molecule has 0 bridgehead atoms. The van der Waals surface area contributed by atoms with Gasteiger partial charge in [0, 0.05) is 24.0 Å². The Morgan fingerprint density at radius 3 is 2.83 bits per heavy atom. The first-order chi connectivity index (χ1) is 11.0. The third-order valence-corrected chi connectivity index (χ3v) is 3.86. The van der Waals surface area contributed by atoms with Crippen LogP contribution in [0.4, 0.5) is 4.79 Å². The number of amides is 2. The Balaban J connectivity index is 1.93. The topological polar surface area (TPSA) is 96.2 Å². The third kappa shape index (κ3) is 4.69. The molecule has 1 aromatic heterocycles. The number of carboxylic acids is 1. The molecule has 2 amide bonds. The maximum atomic E-state index is 11.7. The molecule has 8 heteroatoms. The SMILES string of the molecule is CCn1c(CNC(=O)NCCCC(=O)O)nc2cc(Br)ccc21. The lowest BCUT2D eigenvalue weighted by Crippen LogP contribution is -2.36. The Labute approximate surface area is 142 Å². The van der Waals surface area contributed by atoms with E-state index in [4.69, 9.17) is 5.11 Å². The van der Waals surface area contributed by atoms with Crippen molar-refractivity contribution in [2.75, 3.05) is 6.54 Å². The van der Waals surface area contributed by atoms with E-state index in [1.54, 1.807) is 0 Å². The molecule has 1 aromatic carbocycles. The fourth-order valence-corrected chi connectivity index (χ4v) is 2.65. The monoisotopic (exact) mass is 382 g/mol. The number of rotatable bonds is 7. The van der Waals surface area contributed by atoms with Crippen molar-refractivity contribution >= 4 is 39.0 Å². The summed E-state index contributed by atoms with van der Waals surface area (Å²) in [5.74, 6) is -0.0867. The van der Waals surface area contributed by atoms with Gasteiger partial charge in [0.15, 0.2) is 0 Å². The molecule has 2 aromatic rings. The normalized spacial score (nSPS) is 10.7. The second kappa shape index (κ2) is 7.96. The van der Waals surface area contributed by atoms with Crippen molar-refractivity contribution in [2.24, 2.45) is 0 Å². The Hall–Kier alpha value is -2.09. The van der Waals surface area contributed by atoms with Crippen molar-refractivity contribution in [2.45, 2.75) is 32.9 Å². The smallest absolute Gasteiger partial charge is 0.315 e. The molecule has 0 spiro atoms. The molecule has 0 saturated heterocycles. The Bertz CT molecular complexity index is 714. The summed E-state index contributed by atoms with van der Waals surface area (Å²) < 4.78 is 3.01. The molecular formula is C15H19BrN4O3. The second-order valence-corrected chi connectivity index (χ2v) is 5.93. The second-order valence-electron chi connectivity index (χ2n) is 5.01. The van der Waals surface area contributed by atoms with Crippen molar-refractivity contribution < 1.29 is 14.7 Å². The van der Waals surface area contributed by atoms with E-state index in [0.717, 1.165) is 27.9 Å². The van der Waals surface area contributed by atoms with E-state index in [2.05, 4.69) is 31.5 Å². The van der Waals surface area contributed by atoms with Gasteiger partial charge >= 0.3 is 12.0 Å². The lowest BCUT2D eigenvalue weighted by Gasteiger charge is -2.08. The zero-order chi connectivity index (χ0) is 16.8. The van der Waals surface area contributed by atoms with E-state index in [1.807, 2.05) is 29.7 Å². The van der Waals surface area contributed by atoms with Gasteiger partial charge in [-0.1, -0.05) is 15.9 Å². The summed E-state index contributed by atoms with van der Waals surface area (Å²) in [6.45, 7) is 3.42. The van der Waals surface area contributed by atoms with Crippen molar-refractivity contribution in [1.82, 2.24) is 20.2 Å². The number of hydrogen-bond donors (Lipinski definition) is 3. The van der Waals surface area contributed by atoms with E-state index in [0.29, 0.717) is 19.5 Å². The maximum Gasteiger partial charge on any atom is 0.315 e. The van der Waals surface area contributed by atoms with Gasteiger partial charge in [-0.2, -0.15) is 0 Å². The summed E-state index contributed by atoms with van der Waals surface area (Å²) in [5.41, 5.74) is 1.90. The molecule has 0 aliphatic carbocycles. The minimum Gasteiger partial charge on any atom is -0.481 e. The highest BCUT2D eigenvalue weighted by Crippen LogP contribution is 2.20. The Morgan fingerprint density at radius 1 is 1.35 bits per heavy atom. The van der Waals surface area contributed by atoms with Crippen molar-refractivity contribution in [3.8, 4) is 0 Å². The number of aryl methyl sites for hydroxylation is 1. The lowest BCUT2D eigenvalue weighted by molar-refractivity contribution is -0.137. The number of urea groups is 1. The van der Waals surface area contributed by atoms with Gasteiger partial charge in [0.25, 0.3) is 0 Å². The van der Waals surface area contributed by atoms with E-state index < -0.39 is 5.97 Å². The Morgan fingerprint density at radius 2 is 2.13 bits per heavy atom. The van der Waals surface area contributed by atoms with Crippen LogP contribution in [0.2, 0.25) is 0 Å². The summed E-state index contributed by atoms with van der Waals surface area (Å²) >= 11 is 3.42. The minimum atomic E-state index is -0.866. The predicted molar refractivity (Wildman–Crippen MR) is 90.2 cm³/mol. The van der Waals surface area contributed by atoms with E-state index >= 15 is 0 Å². The van der Waals surface area contributed by atoms with Crippen molar-refractivity contribution in [3.05, 3.63) is 28.5 Å². The molecule has 0 atom stereocenters. The van der Waals surface area contributed by atoms with Gasteiger partial charge in [-0.25, -0.2) is 9.78 Å². The third-order valence-electron chi connectivity index (χ3n) is 3.37. The van der Waals surface area contributed by atoms with Gasteiger partial charge in [-0.05, 0) is 31.5 Å². The number of carbonyl (C=O) groups excluding carboxylic acids is 1. The van der Waals surface area contributed by atoms with Gasteiger partial charge < -0.3 is 20.3 Å². The number of benzene rings is 1. The van der Waals surface area contributed by atoms with Crippen LogP contribution >= 0.6 is 15.9 Å². The van der Waals surface area contributed by atoms with Crippen LogP contribution in [-0.4, -0.2) is 33.2 Å². The van der Waals surface area contributed by atoms with Crippen LogP contribution in [-0.2, 0) is 17.9 Å². The highest BCUT2D eigenvalue weighted by atomic mass is 79.9. The van der Waals surface area contributed by atoms with Crippen LogP contribution in [0.3, 0.4) is 0 Å². The van der Waals surface area contributed by atoms with Crippen LogP contribution in [0.15, 0.2) is 22.7 Å². The number of halogens is 1. The predicted octanol–water partition coefficient (Wildman–Crippen LogP) is 2.48.